The highest BCUT2D eigenvalue weighted by Gasteiger charge is 2.39. The van der Waals surface area contributed by atoms with Crippen molar-refractivity contribution in [3.8, 4) is 0 Å². The first kappa shape index (κ1) is 28.2. The van der Waals surface area contributed by atoms with E-state index in [1.165, 1.54) is 25.7 Å². The molecule has 0 amide bonds. The molecule has 28 heavy (non-hydrogen) atoms. The van der Waals surface area contributed by atoms with E-state index in [4.69, 9.17) is 22.1 Å². The molecular formula is C20H47NO5Si2. The molecule has 0 rings (SSSR count). The summed E-state index contributed by atoms with van der Waals surface area (Å²) in [7, 11) is -3.96. The van der Waals surface area contributed by atoms with Crippen LogP contribution in [-0.2, 0) is 22.1 Å². The average Bonchev–Trinajstić information content (AvgIpc) is 2.67. The van der Waals surface area contributed by atoms with Crippen molar-refractivity contribution >= 4 is 18.1 Å². The van der Waals surface area contributed by atoms with Gasteiger partial charge in [-0.1, -0.05) is 19.8 Å². The van der Waals surface area contributed by atoms with Crippen molar-refractivity contribution in [1.29, 1.82) is 0 Å². The van der Waals surface area contributed by atoms with Crippen LogP contribution in [0.15, 0.2) is 0 Å². The zero-order valence-corrected chi connectivity index (χ0v) is 21.5. The zero-order valence-electron chi connectivity index (χ0n) is 19.4. The van der Waals surface area contributed by atoms with E-state index in [0.29, 0.717) is 25.4 Å². The van der Waals surface area contributed by atoms with Gasteiger partial charge in [0.2, 0.25) is 0 Å². The number of unbranched alkanes of at least 4 members (excludes halogenated alkanes) is 2. The number of nitrogens with one attached hydrogen (secondary N) is 1. The molecule has 0 aromatic rings. The Hall–Kier alpha value is 0.194. The van der Waals surface area contributed by atoms with E-state index < -0.39 is 18.1 Å². The molecule has 0 aliphatic carbocycles. The highest BCUT2D eigenvalue weighted by atomic mass is 28.4. The summed E-state index contributed by atoms with van der Waals surface area (Å²) in [5.74, 6) is 0. The Kier molecular flexibility index (Phi) is 19.3. The predicted molar refractivity (Wildman–Crippen MR) is 121 cm³/mol. The van der Waals surface area contributed by atoms with E-state index in [2.05, 4.69) is 26.1 Å². The average molecular weight is 438 g/mol. The summed E-state index contributed by atoms with van der Waals surface area (Å²) in [5, 5.41) is 3.55. The lowest BCUT2D eigenvalue weighted by Gasteiger charge is -2.28. The van der Waals surface area contributed by atoms with Crippen LogP contribution >= 0.6 is 0 Å². The van der Waals surface area contributed by atoms with Crippen molar-refractivity contribution in [2.45, 2.75) is 85.2 Å². The van der Waals surface area contributed by atoms with Gasteiger partial charge in [-0.15, -0.1) is 0 Å². The van der Waals surface area contributed by atoms with Gasteiger partial charge in [0.15, 0.2) is 0 Å². The minimum Gasteiger partial charge on any atom is -0.397 e. The Bertz CT molecular complexity index is 317. The molecule has 0 saturated heterocycles. The Morgan fingerprint density at radius 3 is 1.75 bits per heavy atom. The van der Waals surface area contributed by atoms with Crippen LogP contribution in [0.25, 0.3) is 0 Å². The largest absolute Gasteiger partial charge is 0.500 e. The molecule has 1 unspecified atom stereocenters. The van der Waals surface area contributed by atoms with E-state index in [-0.39, 0.29) is 0 Å². The lowest BCUT2D eigenvalue weighted by Crippen LogP contribution is -2.46. The van der Waals surface area contributed by atoms with Gasteiger partial charge in [0.25, 0.3) is 0 Å². The highest BCUT2D eigenvalue weighted by Crippen LogP contribution is 2.20. The van der Waals surface area contributed by atoms with Gasteiger partial charge >= 0.3 is 18.1 Å². The molecular weight excluding hydrogens is 390 g/mol. The third-order valence-electron chi connectivity index (χ3n) is 4.57. The van der Waals surface area contributed by atoms with E-state index in [0.717, 1.165) is 38.8 Å². The lowest BCUT2D eigenvalue weighted by molar-refractivity contribution is 0.0708. The molecule has 0 spiro atoms. The van der Waals surface area contributed by atoms with Gasteiger partial charge < -0.3 is 27.4 Å². The maximum Gasteiger partial charge on any atom is 0.500 e. The summed E-state index contributed by atoms with van der Waals surface area (Å²) in [6, 6.07) is 0.883. The van der Waals surface area contributed by atoms with Gasteiger partial charge in [0.05, 0.1) is 0 Å². The second-order valence-electron chi connectivity index (χ2n) is 6.94. The Labute approximate surface area is 177 Å². The highest BCUT2D eigenvalue weighted by molar-refractivity contribution is 6.60. The summed E-state index contributed by atoms with van der Waals surface area (Å²) in [5.41, 5.74) is 0.585. The first-order valence-corrected chi connectivity index (χ1v) is 15.0. The van der Waals surface area contributed by atoms with Crippen LogP contribution in [0.5, 0.6) is 0 Å². The fraction of sp³-hybridized carbons (Fsp3) is 1.00. The topological polar surface area (TPSA) is 58.2 Å². The molecule has 0 aromatic carbocycles. The molecule has 0 saturated carbocycles. The van der Waals surface area contributed by atoms with Gasteiger partial charge in [0, 0.05) is 39.1 Å². The van der Waals surface area contributed by atoms with E-state index in [1.807, 2.05) is 20.8 Å². The van der Waals surface area contributed by atoms with Crippen LogP contribution in [-0.4, -0.2) is 64.2 Å². The Balaban J connectivity index is 3.84. The van der Waals surface area contributed by atoms with Crippen molar-refractivity contribution in [3.05, 3.63) is 0 Å². The Morgan fingerprint density at radius 1 is 0.714 bits per heavy atom. The quantitative estimate of drug-likeness (QED) is 0.214. The van der Waals surface area contributed by atoms with Crippen molar-refractivity contribution < 1.29 is 22.1 Å². The fourth-order valence-electron chi connectivity index (χ4n) is 3.29. The van der Waals surface area contributed by atoms with E-state index >= 15 is 0 Å². The molecule has 0 aliphatic heterocycles. The molecule has 6 nitrogen and oxygen atoms in total. The van der Waals surface area contributed by atoms with Crippen LogP contribution in [0, 0.1) is 0 Å². The lowest BCUT2D eigenvalue weighted by atomic mass is 10.1. The number of hydrogen-bond acceptors (Lipinski definition) is 6. The van der Waals surface area contributed by atoms with Crippen molar-refractivity contribution in [2.24, 2.45) is 0 Å². The fourth-order valence-corrected chi connectivity index (χ4v) is 7.82. The molecule has 170 valence electrons. The maximum absolute atomic E-state index is 5.90. The van der Waals surface area contributed by atoms with E-state index in [1.54, 1.807) is 0 Å². The summed E-state index contributed by atoms with van der Waals surface area (Å²) in [6.45, 7) is 18.0. The third kappa shape index (κ3) is 13.4. The molecule has 0 aliphatic rings. The Morgan fingerprint density at radius 2 is 1.25 bits per heavy atom. The van der Waals surface area contributed by atoms with Gasteiger partial charge in [-0.2, -0.15) is 0 Å². The minimum atomic E-state index is -2.47. The van der Waals surface area contributed by atoms with Crippen LogP contribution in [0.2, 0.25) is 11.6 Å². The van der Waals surface area contributed by atoms with Gasteiger partial charge in [-0.3, -0.25) is 0 Å². The van der Waals surface area contributed by atoms with Crippen LogP contribution in [0.1, 0.15) is 73.6 Å². The standard InChI is InChI=1S/C20H47NO5Si2/c1-7-22-27(23-8-2)20(6)16-13-12-14-17-21-18-15-19-28(24-9-3,25-10-4)26-11-5/h20-21,27H,7-19H2,1-6H3. The molecule has 8 heteroatoms. The summed E-state index contributed by atoms with van der Waals surface area (Å²) in [6.07, 6.45) is 5.96. The monoisotopic (exact) mass is 437 g/mol. The van der Waals surface area contributed by atoms with Crippen molar-refractivity contribution in [2.75, 3.05) is 46.1 Å². The van der Waals surface area contributed by atoms with Gasteiger partial charge in [-0.05, 0) is 72.5 Å². The van der Waals surface area contributed by atoms with Gasteiger partial charge in [0.1, 0.15) is 0 Å². The second-order valence-corrected chi connectivity index (χ2v) is 12.2. The summed E-state index contributed by atoms with van der Waals surface area (Å²) in [4.78, 5) is 0. The number of rotatable bonds is 21. The summed E-state index contributed by atoms with van der Waals surface area (Å²) < 4.78 is 29.3. The molecule has 0 aromatic heterocycles. The maximum atomic E-state index is 5.90. The van der Waals surface area contributed by atoms with Crippen LogP contribution < -0.4 is 5.32 Å². The number of hydrogen-bond donors (Lipinski definition) is 1. The molecule has 1 atom stereocenters. The molecule has 0 heterocycles. The van der Waals surface area contributed by atoms with Crippen molar-refractivity contribution in [3.63, 3.8) is 0 Å². The molecule has 0 fully saturated rings. The van der Waals surface area contributed by atoms with Crippen molar-refractivity contribution in [1.82, 2.24) is 5.32 Å². The minimum absolute atomic E-state index is 0.585. The molecule has 0 bridgehead atoms. The van der Waals surface area contributed by atoms with Gasteiger partial charge in [-0.25, -0.2) is 0 Å². The normalized spacial score (nSPS) is 13.4. The van der Waals surface area contributed by atoms with Crippen LogP contribution in [0.4, 0.5) is 0 Å². The first-order valence-electron chi connectivity index (χ1n) is 11.4. The third-order valence-corrected chi connectivity index (χ3v) is 10.3. The van der Waals surface area contributed by atoms with E-state index in [9.17, 15) is 0 Å². The second kappa shape index (κ2) is 19.2. The SMILES string of the molecule is CCO[SiH](OCC)C(C)CCCCCNCCC[Si](OCC)(OCC)OCC. The molecule has 0 radical (unpaired) electrons. The summed E-state index contributed by atoms with van der Waals surface area (Å²) >= 11 is 0. The van der Waals surface area contributed by atoms with Crippen LogP contribution in [0.3, 0.4) is 0 Å². The predicted octanol–water partition coefficient (Wildman–Crippen LogP) is 4.26. The smallest absolute Gasteiger partial charge is 0.397 e. The first-order chi connectivity index (χ1) is 13.6. The zero-order chi connectivity index (χ0) is 21.1. The molecule has 1 N–H and O–H groups in total.